The van der Waals surface area contributed by atoms with Crippen LogP contribution in [0, 0.1) is 5.92 Å². The molecule has 1 N–H and O–H groups in total. The van der Waals surface area contributed by atoms with E-state index in [-0.39, 0.29) is 5.91 Å². The Kier molecular flexibility index (Phi) is 6.80. The third-order valence-electron chi connectivity index (χ3n) is 4.99. The number of fused-ring (bicyclic) bond motifs is 1. The summed E-state index contributed by atoms with van der Waals surface area (Å²) in [6.07, 6.45) is 5.84. The fraction of sp³-hybridized carbons (Fsp3) is 0.435. The van der Waals surface area contributed by atoms with Gasteiger partial charge >= 0.3 is 0 Å². The van der Waals surface area contributed by atoms with Gasteiger partial charge in [-0.15, -0.1) is 0 Å². The molecule has 1 aromatic carbocycles. The zero-order valence-electron chi connectivity index (χ0n) is 17.1. The molecule has 0 radical (unpaired) electrons. The van der Waals surface area contributed by atoms with E-state index in [4.69, 9.17) is 4.98 Å². The molecule has 2 heterocycles. The van der Waals surface area contributed by atoms with Gasteiger partial charge in [-0.05, 0) is 48.9 Å². The largest absolute Gasteiger partial charge is 0.326 e. The third-order valence-corrected chi connectivity index (χ3v) is 4.99. The molecule has 0 unspecified atom stereocenters. The average Bonchev–Trinajstić information content (AvgIpc) is 3.04. The van der Waals surface area contributed by atoms with Crippen LogP contribution in [0.3, 0.4) is 0 Å². The van der Waals surface area contributed by atoms with Gasteiger partial charge in [-0.1, -0.05) is 39.0 Å². The summed E-state index contributed by atoms with van der Waals surface area (Å²) < 4.78 is 2.22. The van der Waals surface area contributed by atoms with Crippen molar-refractivity contribution in [2.75, 3.05) is 5.32 Å². The van der Waals surface area contributed by atoms with Gasteiger partial charge in [-0.25, -0.2) is 9.97 Å². The van der Waals surface area contributed by atoms with Crippen molar-refractivity contribution in [2.24, 2.45) is 5.92 Å². The predicted molar refractivity (Wildman–Crippen MR) is 114 cm³/mol. The van der Waals surface area contributed by atoms with Gasteiger partial charge in [0.05, 0.1) is 0 Å². The first-order valence-electron chi connectivity index (χ1n) is 10.3. The number of carbonyl (C=O) groups excluding carboxylic acids is 1. The number of aromatic nitrogens is 3. The van der Waals surface area contributed by atoms with Crippen LogP contribution in [0.5, 0.6) is 0 Å². The SMILES string of the molecule is CCc1ccccc1NC(=O)CCCc1nc2cccnc2n1CCC(C)C. The number of nitrogens with one attached hydrogen (secondary N) is 1. The van der Waals surface area contributed by atoms with Crippen LogP contribution in [0.2, 0.25) is 0 Å². The Morgan fingerprint density at radius 3 is 2.79 bits per heavy atom. The average molecular weight is 379 g/mol. The molecule has 0 aliphatic rings. The third kappa shape index (κ3) is 4.97. The molecule has 0 saturated carbocycles. The number of aryl methyl sites for hydroxylation is 3. The molecular formula is C23H30N4O. The summed E-state index contributed by atoms with van der Waals surface area (Å²) in [5.41, 5.74) is 3.96. The lowest BCUT2D eigenvalue weighted by molar-refractivity contribution is -0.116. The first-order chi connectivity index (χ1) is 13.6. The number of nitrogens with zero attached hydrogens (tertiary/aromatic N) is 3. The lowest BCUT2D eigenvalue weighted by Gasteiger charge is -2.11. The second-order valence-electron chi connectivity index (χ2n) is 7.62. The predicted octanol–water partition coefficient (Wildman–Crippen LogP) is 5.00. The summed E-state index contributed by atoms with van der Waals surface area (Å²) in [6, 6.07) is 11.9. The zero-order valence-corrected chi connectivity index (χ0v) is 17.1. The lowest BCUT2D eigenvalue weighted by Crippen LogP contribution is -2.13. The van der Waals surface area contributed by atoms with Gasteiger partial charge in [-0.2, -0.15) is 0 Å². The molecule has 5 heteroatoms. The van der Waals surface area contributed by atoms with Gasteiger partial charge in [0.1, 0.15) is 11.3 Å². The maximum atomic E-state index is 12.4. The highest BCUT2D eigenvalue weighted by Gasteiger charge is 2.13. The normalized spacial score (nSPS) is 11.3. The second kappa shape index (κ2) is 9.49. The Hall–Kier alpha value is -2.69. The van der Waals surface area contributed by atoms with Gasteiger partial charge in [-0.3, -0.25) is 4.79 Å². The van der Waals surface area contributed by atoms with E-state index in [1.54, 1.807) is 0 Å². The number of imidazole rings is 1. The second-order valence-corrected chi connectivity index (χ2v) is 7.62. The number of benzene rings is 1. The number of anilines is 1. The van der Waals surface area contributed by atoms with E-state index in [0.717, 1.165) is 60.5 Å². The lowest BCUT2D eigenvalue weighted by atomic mass is 10.1. The van der Waals surface area contributed by atoms with Crippen LogP contribution in [-0.2, 0) is 24.2 Å². The molecule has 3 aromatic rings. The number of amides is 1. The fourth-order valence-corrected chi connectivity index (χ4v) is 3.39. The fourth-order valence-electron chi connectivity index (χ4n) is 3.39. The van der Waals surface area contributed by atoms with Gasteiger partial charge < -0.3 is 9.88 Å². The summed E-state index contributed by atoms with van der Waals surface area (Å²) in [7, 11) is 0. The molecule has 0 spiro atoms. The number of hydrogen-bond donors (Lipinski definition) is 1. The van der Waals surface area contributed by atoms with Crippen molar-refractivity contribution in [3.05, 3.63) is 54.0 Å². The van der Waals surface area contributed by atoms with E-state index in [9.17, 15) is 4.79 Å². The van der Waals surface area contributed by atoms with Crippen molar-refractivity contribution in [2.45, 2.75) is 59.4 Å². The van der Waals surface area contributed by atoms with Crippen molar-refractivity contribution < 1.29 is 4.79 Å². The number of pyridine rings is 1. The molecule has 28 heavy (non-hydrogen) atoms. The van der Waals surface area contributed by atoms with Crippen LogP contribution in [-0.4, -0.2) is 20.4 Å². The Labute approximate surface area is 167 Å². The zero-order chi connectivity index (χ0) is 19.9. The van der Waals surface area contributed by atoms with Gasteiger partial charge in [0, 0.05) is 31.3 Å². The number of hydrogen-bond acceptors (Lipinski definition) is 3. The summed E-state index contributed by atoms with van der Waals surface area (Å²) in [4.78, 5) is 21.7. The maximum absolute atomic E-state index is 12.4. The number of rotatable bonds is 9. The van der Waals surface area contributed by atoms with E-state index >= 15 is 0 Å². The van der Waals surface area contributed by atoms with Crippen molar-refractivity contribution in [1.82, 2.24) is 14.5 Å². The molecule has 0 saturated heterocycles. The Morgan fingerprint density at radius 1 is 1.18 bits per heavy atom. The molecule has 1 amide bonds. The molecule has 5 nitrogen and oxygen atoms in total. The summed E-state index contributed by atoms with van der Waals surface area (Å²) in [6.45, 7) is 7.46. The van der Waals surface area contributed by atoms with Crippen LogP contribution in [0.1, 0.15) is 51.4 Å². The Morgan fingerprint density at radius 2 is 2.00 bits per heavy atom. The minimum atomic E-state index is 0.0591. The molecule has 0 bridgehead atoms. The van der Waals surface area contributed by atoms with Crippen molar-refractivity contribution in [3.63, 3.8) is 0 Å². The number of carbonyl (C=O) groups is 1. The van der Waals surface area contributed by atoms with Crippen LogP contribution in [0.15, 0.2) is 42.6 Å². The van der Waals surface area contributed by atoms with Gasteiger partial charge in [0.25, 0.3) is 0 Å². The highest BCUT2D eigenvalue weighted by atomic mass is 16.1. The molecule has 2 aromatic heterocycles. The highest BCUT2D eigenvalue weighted by molar-refractivity contribution is 5.91. The molecule has 0 atom stereocenters. The van der Waals surface area contributed by atoms with Crippen LogP contribution in [0.4, 0.5) is 5.69 Å². The van der Waals surface area contributed by atoms with Crippen molar-refractivity contribution >= 4 is 22.8 Å². The van der Waals surface area contributed by atoms with E-state index in [1.807, 2.05) is 36.5 Å². The van der Waals surface area contributed by atoms with Crippen LogP contribution in [0.25, 0.3) is 11.2 Å². The molecule has 0 aliphatic carbocycles. The molecule has 0 aliphatic heterocycles. The van der Waals surface area contributed by atoms with Crippen molar-refractivity contribution in [1.29, 1.82) is 0 Å². The molecular weight excluding hydrogens is 348 g/mol. The first-order valence-corrected chi connectivity index (χ1v) is 10.3. The van der Waals surface area contributed by atoms with Gasteiger partial charge in [0.15, 0.2) is 5.65 Å². The van der Waals surface area contributed by atoms with E-state index < -0.39 is 0 Å². The smallest absolute Gasteiger partial charge is 0.224 e. The Balaban J connectivity index is 1.63. The topological polar surface area (TPSA) is 59.8 Å². The van der Waals surface area contributed by atoms with E-state index in [2.05, 4.69) is 41.7 Å². The number of para-hydroxylation sites is 1. The summed E-state index contributed by atoms with van der Waals surface area (Å²) >= 11 is 0. The monoisotopic (exact) mass is 378 g/mol. The quantitative estimate of drug-likeness (QED) is 0.570. The van der Waals surface area contributed by atoms with E-state index in [1.165, 1.54) is 0 Å². The van der Waals surface area contributed by atoms with Crippen LogP contribution >= 0.6 is 0 Å². The minimum Gasteiger partial charge on any atom is -0.326 e. The first kappa shape index (κ1) is 20.1. The van der Waals surface area contributed by atoms with E-state index in [0.29, 0.717) is 12.3 Å². The molecule has 148 valence electrons. The molecule has 3 rings (SSSR count). The Bertz CT molecular complexity index is 929. The minimum absolute atomic E-state index is 0.0591. The maximum Gasteiger partial charge on any atom is 0.224 e. The van der Waals surface area contributed by atoms with Crippen LogP contribution < -0.4 is 5.32 Å². The summed E-state index contributed by atoms with van der Waals surface area (Å²) in [5, 5.41) is 3.05. The summed E-state index contributed by atoms with van der Waals surface area (Å²) in [5.74, 6) is 1.71. The molecule has 0 fully saturated rings. The van der Waals surface area contributed by atoms with Gasteiger partial charge in [0.2, 0.25) is 5.91 Å². The van der Waals surface area contributed by atoms with Crippen molar-refractivity contribution in [3.8, 4) is 0 Å². The highest BCUT2D eigenvalue weighted by Crippen LogP contribution is 2.19. The standard InChI is InChI=1S/C23H30N4O/c1-4-18-9-5-6-10-19(18)26-22(28)13-7-12-21-25-20-11-8-15-24-23(20)27(21)16-14-17(2)3/h5-6,8-11,15,17H,4,7,12-14,16H2,1-3H3,(H,26,28).